The summed E-state index contributed by atoms with van der Waals surface area (Å²) in [5, 5.41) is 5.23. The molecule has 2 amide bonds. The lowest BCUT2D eigenvalue weighted by Gasteiger charge is -2.12. The van der Waals surface area contributed by atoms with Crippen molar-refractivity contribution in [2.45, 2.75) is 13.5 Å². The van der Waals surface area contributed by atoms with Crippen molar-refractivity contribution in [1.29, 1.82) is 0 Å². The number of amides is 2. The van der Waals surface area contributed by atoms with Crippen molar-refractivity contribution in [2.24, 2.45) is 0 Å². The minimum absolute atomic E-state index is 0.000592. The third-order valence-electron chi connectivity index (χ3n) is 4.03. The van der Waals surface area contributed by atoms with Crippen LogP contribution in [-0.4, -0.2) is 18.9 Å². The van der Waals surface area contributed by atoms with Gasteiger partial charge in [0.1, 0.15) is 18.6 Å². The molecule has 0 bridgehead atoms. The molecule has 0 aliphatic rings. The highest BCUT2D eigenvalue weighted by molar-refractivity contribution is 6.03. The van der Waals surface area contributed by atoms with Gasteiger partial charge in [0.2, 0.25) is 17.1 Å². The summed E-state index contributed by atoms with van der Waals surface area (Å²) in [6.45, 7) is 1.57. The van der Waals surface area contributed by atoms with Gasteiger partial charge in [0.15, 0.2) is 5.76 Å². The molecule has 0 fully saturated rings. The molecule has 0 spiro atoms. The Morgan fingerprint density at radius 1 is 1.00 bits per heavy atom. The highest BCUT2D eigenvalue weighted by atomic mass is 16.5. The number of carbonyl (C=O) groups is 2. The van der Waals surface area contributed by atoms with E-state index in [-0.39, 0.29) is 24.0 Å². The van der Waals surface area contributed by atoms with E-state index in [4.69, 9.17) is 13.9 Å². The SMILES string of the molecule is COc1ccc(NC(C)=O)cc1NC(=O)c1cc(=O)c(OCc2ccccc2)co1. The lowest BCUT2D eigenvalue weighted by molar-refractivity contribution is -0.114. The first-order valence-electron chi connectivity index (χ1n) is 9.03. The molecule has 1 aromatic heterocycles. The molecule has 0 unspecified atom stereocenters. The molecule has 30 heavy (non-hydrogen) atoms. The summed E-state index contributed by atoms with van der Waals surface area (Å²) < 4.78 is 16.0. The molecule has 2 N–H and O–H groups in total. The van der Waals surface area contributed by atoms with Crippen LogP contribution in [0.5, 0.6) is 11.5 Å². The van der Waals surface area contributed by atoms with Gasteiger partial charge in [-0.2, -0.15) is 0 Å². The minimum Gasteiger partial charge on any atom is -0.495 e. The molecule has 0 aliphatic carbocycles. The number of hydrogen-bond acceptors (Lipinski definition) is 6. The first kappa shape index (κ1) is 20.7. The second-order valence-corrected chi connectivity index (χ2v) is 6.30. The monoisotopic (exact) mass is 408 g/mol. The Bertz CT molecular complexity index is 1110. The van der Waals surface area contributed by atoms with Gasteiger partial charge in [-0.25, -0.2) is 0 Å². The smallest absolute Gasteiger partial charge is 0.291 e. The first-order chi connectivity index (χ1) is 14.5. The van der Waals surface area contributed by atoms with Crippen LogP contribution in [0.2, 0.25) is 0 Å². The Hall–Kier alpha value is -4.07. The molecule has 0 saturated carbocycles. The van der Waals surface area contributed by atoms with E-state index < -0.39 is 11.3 Å². The molecule has 3 rings (SSSR count). The van der Waals surface area contributed by atoms with Gasteiger partial charge in [0.25, 0.3) is 5.91 Å². The second kappa shape index (κ2) is 9.42. The third-order valence-corrected chi connectivity index (χ3v) is 4.03. The Kier molecular flexibility index (Phi) is 6.49. The van der Waals surface area contributed by atoms with Gasteiger partial charge >= 0.3 is 0 Å². The van der Waals surface area contributed by atoms with E-state index >= 15 is 0 Å². The van der Waals surface area contributed by atoms with Gasteiger partial charge in [-0.3, -0.25) is 14.4 Å². The van der Waals surface area contributed by atoms with Crippen molar-refractivity contribution in [1.82, 2.24) is 0 Å². The molecule has 1 heterocycles. The zero-order valence-electron chi connectivity index (χ0n) is 16.4. The van der Waals surface area contributed by atoms with Gasteiger partial charge in [-0.1, -0.05) is 30.3 Å². The van der Waals surface area contributed by atoms with Crippen LogP contribution in [0, 0.1) is 0 Å². The van der Waals surface area contributed by atoms with Gasteiger partial charge in [-0.15, -0.1) is 0 Å². The van der Waals surface area contributed by atoms with E-state index in [1.807, 2.05) is 30.3 Å². The fourth-order valence-electron chi connectivity index (χ4n) is 2.63. The largest absolute Gasteiger partial charge is 0.495 e. The molecule has 0 atom stereocenters. The Morgan fingerprint density at radius 2 is 1.77 bits per heavy atom. The maximum atomic E-state index is 12.5. The summed E-state index contributed by atoms with van der Waals surface area (Å²) in [4.78, 5) is 36.1. The maximum Gasteiger partial charge on any atom is 0.291 e. The topological polar surface area (TPSA) is 107 Å². The molecule has 154 valence electrons. The summed E-state index contributed by atoms with van der Waals surface area (Å²) >= 11 is 0. The van der Waals surface area contributed by atoms with E-state index in [0.717, 1.165) is 17.9 Å². The molecular weight excluding hydrogens is 388 g/mol. The van der Waals surface area contributed by atoms with E-state index in [1.54, 1.807) is 12.1 Å². The Labute approximate surface area is 172 Å². The number of hydrogen-bond donors (Lipinski definition) is 2. The van der Waals surface area contributed by atoms with Crippen molar-refractivity contribution >= 4 is 23.2 Å². The van der Waals surface area contributed by atoms with E-state index in [2.05, 4.69) is 10.6 Å². The lowest BCUT2D eigenvalue weighted by Crippen LogP contribution is -2.16. The molecule has 0 saturated heterocycles. The number of nitrogens with one attached hydrogen (secondary N) is 2. The summed E-state index contributed by atoms with van der Waals surface area (Å²) in [5.41, 5.74) is 1.19. The van der Waals surface area contributed by atoms with Gasteiger partial charge < -0.3 is 24.5 Å². The Morgan fingerprint density at radius 3 is 2.43 bits per heavy atom. The van der Waals surface area contributed by atoms with Crippen LogP contribution < -0.4 is 25.5 Å². The maximum absolute atomic E-state index is 12.5. The standard InChI is InChI=1S/C22H20N2O6/c1-14(25)23-16-8-9-19(28-2)17(10-16)24-22(27)20-11-18(26)21(13-30-20)29-12-15-6-4-3-5-7-15/h3-11,13H,12H2,1-2H3,(H,23,25)(H,24,27). The van der Waals surface area contributed by atoms with Crippen molar-refractivity contribution in [2.75, 3.05) is 17.7 Å². The molecule has 0 radical (unpaired) electrons. The highest BCUT2D eigenvalue weighted by Gasteiger charge is 2.15. The van der Waals surface area contributed by atoms with Gasteiger partial charge in [0.05, 0.1) is 12.8 Å². The minimum atomic E-state index is -0.653. The number of methoxy groups -OCH3 is 1. The van der Waals surface area contributed by atoms with Crippen molar-refractivity contribution in [3.05, 3.63) is 82.4 Å². The molecule has 8 nitrogen and oxygen atoms in total. The number of anilines is 2. The summed E-state index contributed by atoms with van der Waals surface area (Å²) in [6.07, 6.45) is 1.10. The van der Waals surface area contributed by atoms with Crippen LogP contribution in [0.15, 0.2) is 70.1 Å². The van der Waals surface area contributed by atoms with E-state index in [9.17, 15) is 14.4 Å². The first-order valence-corrected chi connectivity index (χ1v) is 9.03. The third kappa shape index (κ3) is 5.26. The van der Waals surface area contributed by atoms with Crippen LogP contribution in [-0.2, 0) is 11.4 Å². The van der Waals surface area contributed by atoms with Gasteiger partial charge in [0, 0.05) is 18.7 Å². The second-order valence-electron chi connectivity index (χ2n) is 6.30. The highest BCUT2D eigenvalue weighted by Crippen LogP contribution is 2.28. The van der Waals surface area contributed by atoms with Crippen LogP contribution in [0.1, 0.15) is 23.0 Å². The average molecular weight is 408 g/mol. The van der Waals surface area contributed by atoms with Crippen LogP contribution >= 0.6 is 0 Å². The fraction of sp³-hybridized carbons (Fsp3) is 0.136. The van der Waals surface area contributed by atoms with Crippen molar-refractivity contribution in [3.63, 3.8) is 0 Å². The summed E-state index contributed by atoms with van der Waals surface area (Å²) in [5.74, 6) is -0.725. The summed E-state index contributed by atoms with van der Waals surface area (Å²) in [7, 11) is 1.45. The molecule has 3 aromatic rings. The lowest BCUT2D eigenvalue weighted by atomic mass is 10.2. The molecular formula is C22H20N2O6. The number of benzene rings is 2. The zero-order valence-corrected chi connectivity index (χ0v) is 16.4. The zero-order chi connectivity index (χ0) is 21.5. The average Bonchev–Trinajstić information content (AvgIpc) is 2.73. The number of rotatable bonds is 7. The van der Waals surface area contributed by atoms with Crippen LogP contribution in [0.3, 0.4) is 0 Å². The normalized spacial score (nSPS) is 10.2. The van der Waals surface area contributed by atoms with Crippen molar-refractivity contribution < 1.29 is 23.5 Å². The summed E-state index contributed by atoms with van der Waals surface area (Å²) in [6, 6.07) is 15.2. The molecule has 0 aliphatic heterocycles. The fourth-order valence-corrected chi connectivity index (χ4v) is 2.63. The van der Waals surface area contributed by atoms with Crippen LogP contribution in [0.4, 0.5) is 11.4 Å². The number of ether oxygens (including phenoxy) is 2. The predicted octanol–water partition coefficient (Wildman–Crippen LogP) is 3.44. The Balaban J connectivity index is 1.73. The number of carbonyl (C=O) groups excluding carboxylic acids is 2. The quantitative estimate of drug-likeness (QED) is 0.620. The van der Waals surface area contributed by atoms with Crippen LogP contribution in [0.25, 0.3) is 0 Å². The predicted molar refractivity (Wildman–Crippen MR) is 111 cm³/mol. The molecule has 2 aromatic carbocycles. The van der Waals surface area contributed by atoms with Crippen molar-refractivity contribution in [3.8, 4) is 11.5 Å². The van der Waals surface area contributed by atoms with E-state index in [1.165, 1.54) is 20.1 Å². The van der Waals surface area contributed by atoms with E-state index in [0.29, 0.717) is 17.1 Å². The molecule has 8 heteroatoms. The van der Waals surface area contributed by atoms with Gasteiger partial charge in [-0.05, 0) is 23.8 Å².